The van der Waals surface area contributed by atoms with E-state index in [2.05, 4.69) is 4.98 Å². The van der Waals surface area contributed by atoms with Crippen LogP contribution in [0.3, 0.4) is 0 Å². The Kier molecular flexibility index (Phi) is 5.69. The van der Waals surface area contributed by atoms with Crippen molar-refractivity contribution >= 4 is 15.9 Å². The molecule has 0 spiro atoms. The van der Waals surface area contributed by atoms with E-state index in [0.29, 0.717) is 4.90 Å². The summed E-state index contributed by atoms with van der Waals surface area (Å²) in [6, 6.07) is 3.10. The number of pyridine rings is 1. The molecule has 1 saturated heterocycles. The normalized spacial score (nSPS) is 15.6. The molecular formula is C21H27N3O4S. The van der Waals surface area contributed by atoms with Crippen molar-refractivity contribution in [2.24, 2.45) is 0 Å². The first-order valence-corrected chi connectivity index (χ1v) is 11.0. The van der Waals surface area contributed by atoms with Crippen LogP contribution in [0.25, 0.3) is 0 Å². The van der Waals surface area contributed by atoms with Gasteiger partial charge in [-0.3, -0.25) is 4.79 Å². The molecule has 1 aliphatic rings. The van der Waals surface area contributed by atoms with Crippen molar-refractivity contribution in [3.63, 3.8) is 0 Å². The summed E-state index contributed by atoms with van der Waals surface area (Å²) in [6.07, 6.45) is 1.41. The van der Waals surface area contributed by atoms with Gasteiger partial charge in [-0.05, 0) is 74.6 Å². The fourth-order valence-electron chi connectivity index (χ4n) is 3.85. The predicted molar refractivity (Wildman–Crippen MR) is 111 cm³/mol. The molecule has 1 aliphatic heterocycles. The van der Waals surface area contributed by atoms with Gasteiger partial charge in [-0.25, -0.2) is 13.4 Å². The van der Waals surface area contributed by atoms with Crippen LogP contribution in [0.4, 0.5) is 0 Å². The average Bonchev–Trinajstić information content (AvgIpc) is 2.70. The predicted octanol–water partition coefficient (Wildman–Crippen LogP) is 2.48. The fraction of sp³-hybridized carbons (Fsp3) is 0.429. The average molecular weight is 418 g/mol. The first-order chi connectivity index (χ1) is 13.6. The largest absolute Gasteiger partial charge is 0.493 e. The number of hydrogen-bond acceptors (Lipinski definition) is 5. The van der Waals surface area contributed by atoms with E-state index in [4.69, 9.17) is 0 Å². The summed E-state index contributed by atoms with van der Waals surface area (Å²) < 4.78 is 28.3. The molecule has 1 fully saturated rings. The minimum Gasteiger partial charge on any atom is -0.493 e. The van der Waals surface area contributed by atoms with Crippen LogP contribution in [0.1, 0.15) is 38.2 Å². The first kappa shape index (κ1) is 21.3. The number of carbonyl (C=O) groups is 1. The smallest absolute Gasteiger partial charge is 0.259 e. The van der Waals surface area contributed by atoms with Gasteiger partial charge in [0.15, 0.2) is 0 Å². The molecule has 2 heterocycles. The zero-order valence-electron chi connectivity index (χ0n) is 17.5. The lowest BCUT2D eigenvalue weighted by Gasteiger charge is -2.35. The lowest BCUT2D eigenvalue weighted by molar-refractivity contribution is 0.0694. The van der Waals surface area contributed by atoms with Gasteiger partial charge in [-0.2, -0.15) is 4.31 Å². The highest BCUT2D eigenvalue weighted by atomic mass is 32.2. The van der Waals surface area contributed by atoms with Crippen molar-refractivity contribution in [2.45, 2.75) is 39.5 Å². The van der Waals surface area contributed by atoms with Gasteiger partial charge in [0.2, 0.25) is 15.9 Å². The fourth-order valence-corrected chi connectivity index (χ4v) is 5.83. The third kappa shape index (κ3) is 3.62. The van der Waals surface area contributed by atoms with Crippen LogP contribution in [0.5, 0.6) is 5.88 Å². The molecule has 0 saturated carbocycles. The highest BCUT2D eigenvalue weighted by Gasteiger charge is 2.34. The number of benzene rings is 1. The number of rotatable bonds is 3. The molecule has 0 unspecified atom stereocenters. The monoisotopic (exact) mass is 417 g/mol. The van der Waals surface area contributed by atoms with E-state index in [1.165, 1.54) is 16.6 Å². The molecule has 1 aromatic carbocycles. The molecule has 0 atom stereocenters. The second kappa shape index (κ2) is 7.76. The molecule has 156 valence electrons. The van der Waals surface area contributed by atoms with Crippen LogP contribution in [0, 0.1) is 34.6 Å². The van der Waals surface area contributed by atoms with Gasteiger partial charge in [0.25, 0.3) is 5.91 Å². The maximum absolute atomic E-state index is 13.4. The minimum absolute atomic E-state index is 0.125. The highest BCUT2D eigenvalue weighted by molar-refractivity contribution is 7.89. The maximum atomic E-state index is 13.4. The van der Waals surface area contributed by atoms with Crippen molar-refractivity contribution < 1.29 is 18.3 Å². The standard InChI is InChI=1S/C21H27N3O4S/c1-13-14(2)16(4)19(17(5)15(13)3)29(27,28)24-11-9-23(10-12-24)21(26)18-7-6-8-22-20(18)25/h6-8H,9-12H2,1-5H3,(H,22,25). The molecule has 2 aromatic rings. The molecule has 1 N–H and O–H groups in total. The lowest BCUT2D eigenvalue weighted by atomic mass is 9.95. The van der Waals surface area contributed by atoms with Gasteiger partial charge in [0.1, 0.15) is 5.56 Å². The Bertz CT molecular complexity index is 1040. The number of sulfonamides is 1. The maximum Gasteiger partial charge on any atom is 0.259 e. The quantitative estimate of drug-likeness (QED) is 0.829. The van der Waals surface area contributed by atoms with E-state index in [1.54, 1.807) is 11.0 Å². The summed E-state index contributed by atoms with van der Waals surface area (Å²) in [7, 11) is -3.67. The Hall–Kier alpha value is -2.45. The number of nitrogens with zero attached hydrogens (tertiary/aromatic N) is 3. The SMILES string of the molecule is Cc1c(C)c(C)c(S(=O)(=O)N2CCN(C(=O)c3cccnc3O)CC2)c(C)c1C. The lowest BCUT2D eigenvalue weighted by Crippen LogP contribution is -2.50. The van der Waals surface area contributed by atoms with Gasteiger partial charge < -0.3 is 10.0 Å². The Morgan fingerprint density at radius 1 is 0.931 bits per heavy atom. The number of amides is 1. The molecule has 1 aromatic heterocycles. The Balaban J connectivity index is 1.84. The molecular weight excluding hydrogens is 390 g/mol. The molecule has 8 heteroatoms. The zero-order chi connectivity index (χ0) is 21.5. The number of piperazine rings is 1. The van der Waals surface area contributed by atoms with Crippen molar-refractivity contribution in [1.29, 1.82) is 0 Å². The van der Waals surface area contributed by atoms with Crippen molar-refractivity contribution in [1.82, 2.24) is 14.2 Å². The van der Waals surface area contributed by atoms with Gasteiger partial charge in [0.05, 0.1) is 4.90 Å². The summed E-state index contributed by atoms with van der Waals surface area (Å²) in [5.41, 5.74) is 4.79. The van der Waals surface area contributed by atoms with E-state index in [0.717, 1.165) is 27.8 Å². The van der Waals surface area contributed by atoms with Gasteiger partial charge >= 0.3 is 0 Å². The summed E-state index contributed by atoms with van der Waals surface area (Å²) in [4.78, 5) is 18.3. The van der Waals surface area contributed by atoms with E-state index in [-0.39, 0.29) is 43.5 Å². The summed E-state index contributed by atoms with van der Waals surface area (Å²) in [5, 5.41) is 9.81. The van der Waals surface area contributed by atoms with E-state index < -0.39 is 10.0 Å². The molecule has 0 bridgehead atoms. The van der Waals surface area contributed by atoms with Crippen molar-refractivity contribution in [2.75, 3.05) is 26.2 Å². The van der Waals surface area contributed by atoms with E-state index in [1.807, 2.05) is 34.6 Å². The summed E-state index contributed by atoms with van der Waals surface area (Å²) >= 11 is 0. The van der Waals surface area contributed by atoms with Gasteiger partial charge in [-0.1, -0.05) is 0 Å². The van der Waals surface area contributed by atoms with Gasteiger partial charge in [-0.15, -0.1) is 0 Å². The molecule has 0 aliphatic carbocycles. The Morgan fingerprint density at radius 3 is 1.97 bits per heavy atom. The zero-order valence-corrected chi connectivity index (χ0v) is 18.3. The first-order valence-electron chi connectivity index (χ1n) is 9.57. The minimum atomic E-state index is -3.67. The number of aromatic hydroxyl groups is 1. The van der Waals surface area contributed by atoms with Crippen LogP contribution in [-0.2, 0) is 10.0 Å². The molecule has 1 amide bonds. The Morgan fingerprint density at radius 2 is 1.45 bits per heavy atom. The van der Waals surface area contributed by atoms with Crippen LogP contribution in [0.2, 0.25) is 0 Å². The van der Waals surface area contributed by atoms with Gasteiger partial charge in [0, 0.05) is 32.4 Å². The second-order valence-corrected chi connectivity index (χ2v) is 9.40. The summed E-state index contributed by atoms with van der Waals surface area (Å²) in [5.74, 6) is -0.661. The topological polar surface area (TPSA) is 90.8 Å². The third-order valence-corrected chi connectivity index (χ3v) is 8.25. The molecule has 0 radical (unpaired) electrons. The van der Waals surface area contributed by atoms with Crippen molar-refractivity contribution in [3.8, 4) is 5.88 Å². The van der Waals surface area contributed by atoms with Crippen LogP contribution in [0.15, 0.2) is 23.2 Å². The third-order valence-electron chi connectivity index (χ3n) is 6.07. The van der Waals surface area contributed by atoms with Crippen LogP contribution >= 0.6 is 0 Å². The summed E-state index contributed by atoms with van der Waals surface area (Å²) in [6.45, 7) is 10.6. The van der Waals surface area contributed by atoms with E-state index >= 15 is 0 Å². The molecule has 3 rings (SSSR count). The van der Waals surface area contributed by atoms with E-state index in [9.17, 15) is 18.3 Å². The van der Waals surface area contributed by atoms with Crippen LogP contribution < -0.4 is 0 Å². The highest BCUT2D eigenvalue weighted by Crippen LogP contribution is 2.32. The number of aromatic nitrogens is 1. The second-order valence-electron chi connectivity index (χ2n) is 7.52. The molecule has 7 nitrogen and oxygen atoms in total. The van der Waals surface area contributed by atoms with Crippen molar-refractivity contribution in [3.05, 3.63) is 51.7 Å². The van der Waals surface area contributed by atoms with Crippen LogP contribution in [-0.4, -0.2) is 59.8 Å². The number of hydrogen-bond donors (Lipinski definition) is 1. The number of carbonyl (C=O) groups excluding carboxylic acids is 1. The Labute approximate surface area is 172 Å². The molecule has 29 heavy (non-hydrogen) atoms.